The van der Waals surface area contributed by atoms with E-state index in [0.717, 1.165) is 11.5 Å². The Labute approximate surface area is 147 Å². The predicted molar refractivity (Wildman–Crippen MR) is 92.4 cm³/mol. The van der Waals surface area contributed by atoms with Crippen molar-refractivity contribution in [1.82, 2.24) is 14.8 Å². The van der Waals surface area contributed by atoms with Crippen LogP contribution in [0.2, 0.25) is 0 Å². The summed E-state index contributed by atoms with van der Waals surface area (Å²) in [7, 11) is 0. The summed E-state index contributed by atoms with van der Waals surface area (Å²) in [6.45, 7) is 1.42. The number of hydrogen-bond acceptors (Lipinski definition) is 6. The second kappa shape index (κ2) is 7.43. The minimum absolute atomic E-state index is 0.0250. The third kappa shape index (κ3) is 3.51. The van der Waals surface area contributed by atoms with E-state index in [-0.39, 0.29) is 17.3 Å². The average molecular weight is 367 g/mol. The zero-order chi connectivity index (χ0) is 17.1. The van der Waals surface area contributed by atoms with Crippen LogP contribution in [-0.2, 0) is 4.79 Å². The smallest absolute Gasteiger partial charge is 0.354 e. The van der Waals surface area contributed by atoms with E-state index in [9.17, 15) is 14.4 Å². The molecule has 0 spiro atoms. The highest BCUT2D eigenvalue weighted by atomic mass is 32.2. The highest BCUT2D eigenvalue weighted by molar-refractivity contribution is 7.99. The van der Waals surface area contributed by atoms with Gasteiger partial charge >= 0.3 is 5.97 Å². The largest absolute Gasteiger partial charge is 0.477 e. The van der Waals surface area contributed by atoms with E-state index < -0.39 is 17.9 Å². The Morgan fingerprint density at radius 2 is 1.83 bits per heavy atom. The Morgan fingerprint density at radius 3 is 2.54 bits per heavy atom. The second-order valence-corrected chi connectivity index (χ2v) is 7.67. The lowest BCUT2D eigenvalue weighted by molar-refractivity contribution is -0.134. The number of amides is 2. The zero-order valence-electron chi connectivity index (χ0n) is 12.9. The first kappa shape index (κ1) is 17.1. The van der Waals surface area contributed by atoms with Gasteiger partial charge in [-0.1, -0.05) is 6.07 Å². The minimum Gasteiger partial charge on any atom is -0.477 e. The Bertz CT molecular complexity index is 664. The summed E-state index contributed by atoms with van der Waals surface area (Å²) < 4.78 is 0. The highest BCUT2D eigenvalue weighted by Crippen LogP contribution is 2.25. The fraction of sp³-hybridized carbons (Fsp3) is 0.467. The van der Waals surface area contributed by atoms with Crippen LogP contribution >= 0.6 is 23.5 Å². The van der Waals surface area contributed by atoms with Crippen molar-refractivity contribution >= 4 is 41.3 Å². The molecule has 128 valence electrons. The average Bonchev–Trinajstić information content (AvgIpc) is 3.11. The van der Waals surface area contributed by atoms with Gasteiger partial charge in [0.15, 0.2) is 0 Å². The first-order valence-electron chi connectivity index (χ1n) is 7.53. The molecule has 2 fully saturated rings. The topological polar surface area (TPSA) is 90.8 Å². The molecule has 3 rings (SSSR count). The third-order valence-corrected chi connectivity index (χ3v) is 5.89. The Hall–Kier alpha value is -1.74. The molecular weight excluding hydrogens is 350 g/mol. The van der Waals surface area contributed by atoms with Crippen molar-refractivity contribution in [2.24, 2.45) is 0 Å². The van der Waals surface area contributed by atoms with E-state index in [2.05, 4.69) is 4.98 Å². The summed E-state index contributed by atoms with van der Waals surface area (Å²) in [6.07, 6.45) is 0. The molecule has 2 aliphatic heterocycles. The van der Waals surface area contributed by atoms with Gasteiger partial charge in [0, 0.05) is 30.3 Å². The molecule has 7 nitrogen and oxygen atoms in total. The van der Waals surface area contributed by atoms with E-state index >= 15 is 0 Å². The summed E-state index contributed by atoms with van der Waals surface area (Å²) in [6, 6.07) is 3.81. The van der Waals surface area contributed by atoms with E-state index in [1.807, 2.05) is 16.7 Å². The van der Waals surface area contributed by atoms with Gasteiger partial charge in [-0.25, -0.2) is 9.78 Å². The van der Waals surface area contributed by atoms with Gasteiger partial charge in [-0.15, -0.1) is 11.8 Å². The van der Waals surface area contributed by atoms with Crippen LogP contribution < -0.4 is 0 Å². The van der Waals surface area contributed by atoms with Crippen LogP contribution in [-0.4, -0.2) is 79.9 Å². The van der Waals surface area contributed by atoms with Crippen LogP contribution in [0, 0.1) is 0 Å². The summed E-state index contributed by atoms with van der Waals surface area (Å²) in [4.78, 5) is 43.7. The molecule has 1 unspecified atom stereocenters. The summed E-state index contributed by atoms with van der Waals surface area (Å²) in [5.74, 6) is 1.21. The van der Waals surface area contributed by atoms with E-state index in [4.69, 9.17) is 5.11 Å². The first-order chi connectivity index (χ1) is 11.6. The lowest BCUT2D eigenvalue weighted by Gasteiger charge is -2.31. The number of carboxylic acids is 1. The maximum Gasteiger partial charge on any atom is 0.354 e. The Balaban J connectivity index is 1.77. The molecule has 0 saturated carbocycles. The zero-order valence-corrected chi connectivity index (χ0v) is 14.5. The number of aromatic carboxylic acids is 1. The predicted octanol–water partition coefficient (Wildman–Crippen LogP) is 0.870. The molecule has 0 bridgehead atoms. The number of rotatable bonds is 3. The van der Waals surface area contributed by atoms with Crippen LogP contribution in [0.4, 0.5) is 0 Å². The number of carboxylic acid groups (broad SMARTS) is 1. The molecule has 2 aliphatic rings. The number of aromatic nitrogens is 1. The van der Waals surface area contributed by atoms with E-state index in [0.29, 0.717) is 24.7 Å². The van der Waals surface area contributed by atoms with Gasteiger partial charge in [-0.05, 0) is 12.1 Å². The number of carbonyl (C=O) groups is 3. The molecule has 1 aromatic heterocycles. The normalized spacial score (nSPS) is 20.9. The molecule has 1 aromatic rings. The van der Waals surface area contributed by atoms with Crippen molar-refractivity contribution in [3.63, 3.8) is 0 Å². The fourth-order valence-corrected chi connectivity index (χ4v) is 4.71. The summed E-state index contributed by atoms with van der Waals surface area (Å²) >= 11 is 3.35. The van der Waals surface area contributed by atoms with Crippen LogP contribution in [0.3, 0.4) is 0 Å². The Morgan fingerprint density at radius 1 is 1.12 bits per heavy atom. The molecule has 24 heavy (non-hydrogen) atoms. The van der Waals surface area contributed by atoms with Crippen LogP contribution in [0.15, 0.2) is 18.2 Å². The van der Waals surface area contributed by atoms with Crippen LogP contribution in [0.25, 0.3) is 0 Å². The van der Waals surface area contributed by atoms with Crippen molar-refractivity contribution in [2.45, 2.75) is 6.04 Å². The Kier molecular flexibility index (Phi) is 5.30. The molecule has 0 aromatic carbocycles. The second-order valence-electron chi connectivity index (χ2n) is 5.44. The van der Waals surface area contributed by atoms with Crippen molar-refractivity contribution in [3.05, 3.63) is 29.6 Å². The fourth-order valence-electron chi connectivity index (χ4n) is 2.66. The molecular formula is C15H17N3O4S2. The highest BCUT2D eigenvalue weighted by Gasteiger charge is 2.38. The van der Waals surface area contributed by atoms with Gasteiger partial charge in [0.25, 0.3) is 5.91 Å². The van der Waals surface area contributed by atoms with Gasteiger partial charge in [0.1, 0.15) is 17.4 Å². The van der Waals surface area contributed by atoms with Crippen molar-refractivity contribution in [2.75, 3.05) is 36.2 Å². The van der Waals surface area contributed by atoms with Gasteiger partial charge in [-0.3, -0.25) is 9.59 Å². The van der Waals surface area contributed by atoms with Gasteiger partial charge < -0.3 is 14.9 Å². The van der Waals surface area contributed by atoms with Crippen LogP contribution in [0.5, 0.6) is 0 Å². The first-order valence-corrected chi connectivity index (χ1v) is 9.84. The van der Waals surface area contributed by atoms with Crippen molar-refractivity contribution in [3.8, 4) is 0 Å². The number of carbonyl (C=O) groups excluding carboxylic acids is 2. The molecule has 1 N–H and O–H groups in total. The molecule has 9 heteroatoms. The van der Waals surface area contributed by atoms with E-state index in [1.54, 1.807) is 0 Å². The third-order valence-electron chi connectivity index (χ3n) is 3.94. The maximum atomic E-state index is 12.7. The molecule has 3 heterocycles. The maximum absolute atomic E-state index is 12.7. The molecule has 0 radical (unpaired) electrons. The minimum atomic E-state index is -1.18. The number of nitrogens with zero attached hydrogens (tertiary/aromatic N) is 3. The molecule has 2 saturated heterocycles. The standard InChI is InChI=1S/C15H17N3O4S2/c19-13(10-2-1-3-11(16-10)15(21)22)18-9-24-8-12(18)14(20)17-4-6-23-7-5-17/h1-3,12H,4-9H2,(H,21,22). The summed E-state index contributed by atoms with van der Waals surface area (Å²) in [5, 5.41) is 9.01. The molecule has 1 atom stereocenters. The summed E-state index contributed by atoms with van der Waals surface area (Å²) in [5.41, 5.74) is -0.118. The quantitative estimate of drug-likeness (QED) is 0.848. The molecule has 0 aliphatic carbocycles. The SMILES string of the molecule is O=C(O)c1cccc(C(=O)N2CSCC2C(=O)N2CCSCC2)n1. The van der Waals surface area contributed by atoms with Crippen molar-refractivity contribution in [1.29, 1.82) is 0 Å². The lowest BCUT2D eigenvalue weighted by atomic mass is 10.2. The molecule has 2 amide bonds. The van der Waals surface area contributed by atoms with Crippen molar-refractivity contribution < 1.29 is 19.5 Å². The van der Waals surface area contributed by atoms with Crippen LogP contribution in [0.1, 0.15) is 21.0 Å². The van der Waals surface area contributed by atoms with Gasteiger partial charge in [-0.2, -0.15) is 11.8 Å². The number of hydrogen-bond donors (Lipinski definition) is 1. The van der Waals surface area contributed by atoms with Gasteiger partial charge in [0.2, 0.25) is 5.91 Å². The lowest BCUT2D eigenvalue weighted by Crippen LogP contribution is -2.51. The number of thioether (sulfide) groups is 2. The number of pyridine rings is 1. The van der Waals surface area contributed by atoms with Gasteiger partial charge in [0.05, 0.1) is 5.88 Å². The van der Waals surface area contributed by atoms with E-state index in [1.165, 1.54) is 34.9 Å². The monoisotopic (exact) mass is 367 g/mol.